The molecule has 3 aliphatic heterocycles. The maximum absolute atomic E-state index is 12.0. The zero-order chi connectivity index (χ0) is 31.7. The number of amides is 1. The molecule has 0 aromatic carbocycles. The normalized spacial score (nSPS) is 38.1. The van der Waals surface area contributed by atoms with E-state index in [1.165, 1.54) is 6.92 Å². The predicted molar refractivity (Wildman–Crippen MR) is 119 cm³/mol. The van der Waals surface area contributed by atoms with Gasteiger partial charge in [-0.2, -0.15) is 0 Å². The Balaban J connectivity index is 0.00000645. The van der Waals surface area contributed by atoms with Crippen LogP contribution in [0.1, 0.15) is 13.8 Å². The molecule has 13 atom stereocenters. The molecular formula is C21H28NNa3O19S. The molecule has 0 saturated carbocycles. The van der Waals surface area contributed by atoms with Crippen LogP contribution in [0.3, 0.4) is 0 Å². The number of hydrogen-bond donors (Lipinski definition) is 6. The van der Waals surface area contributed by atoms with Crippen LogP contribution in [0.5, 0.6) is 0 Å². The molecule has 0 aliphatic carbocycles. The van der Waals surface area contributed by atoms with E-state index in [9.17, 15) is 63.1 Å². The molecule has 3 heterocycles. The molecule has 0 unspecified atom stereocenters. The van der Waals surface area contributed by atoms with Gasteiger partial charge in [0.15, 0.2) is 6.29 Å². The van der Waals surface area contributed by atoms with Gasteiger partial charge in [0.05, 0.1) is 18.7 Å². The van der Waals surface area contributed by atoms with Gasteiger partial charge in [-0.15, -0.1) is 0 Å². The van der Waals surface area contributed by atoms with Gasteiger partial charge in [0.25, 0.3) is 0 Å². The molecule has 0 spiro atoms. The fraction of sp³-hybridized carbons (Fsp3) is 0.762. The number of carbonyl (C=O) groups excluding carboxylic acids is 3. The van der Waals surface area contributed by atoms with Crippen molar-refractivity contribution in [1.82, 2.24) is 5.32 Å². The quantitative estimate of drug-likeness (QED) is 0.0700. The van der Waals surface area contributed by atoms with Gasteiger partial charge in [-0.3, -0.25) is 8.98 Å². The van der Waals surface area contributed by atoms with E-state index < -0.39 is 120 Å². The number of aliphatic hydroxyl groups excluding tert-OH is 5. The predicted octanol–water partition coefficient (Wildman–Crippen LogP) is -17.2. The molecule has 0 aromatic heterocycles. The average Bonchev–Trinajstić information content (AvgIpc) is 2.88. The third-order valence-electron chi connectivity index (χ3n) is 6.46. The van der Waals surface area contributed by atoms with Gasteiger partial charge in [-0.1, -0.05) is 0 Å². The van der Waals surface area contributed by atoms with Crippen LogP contribution in [-0.2, 0) is 52.7 Å². The second-order valence-electron chi connectivity index (χ2n) is 9.50. The second-order valence-corrected chi connectivity index (χ2v) is 10.6. The van der Waals surface area contributed by atoms with Crippen molar-refractivity contribution >= 4 is 28.2 Å². The van der Waals surface area contributed by atoms with Crippen LogP contribution in [0, 0.1) is 0 Å². The summed E-state index contributed by atoms with van der Waals surface area (Å²) in [4.78, 5) is 34.9. The number of ether oxygens (including phenoxy) is 5. The minimum Gasteiger partial charge on any atom is -0.726 e. The van der Waals surface area contributed by atoms with Gasteiger partial charge in [-0.05, 0) is 13.0 Å². The molecule has 0 aromatic rings. The third-order valence-corrected chi connectivity index (χ3v) is 6.88. The molecule has 3 aliphatic rings. The number of aliphatic hydroxyl groups is 5. The summed E-state index contributed by atoms with van der Waals surface area (Å²) in [5.41, 5.74) is 0. The minimum atomic E-state index is -5.43. The maximum Gasteiger partial charge on any atom is 1.00 e. The topological polar surface area (TPSA) is 323 Å². The van der Waals surface area contributed by atoms with Crippen molar-refractivity contribution in [3.63, 3.8) is 0 Å². The van der Waals surface area contributed by atoms with E-state index in [-0.39, 0.29) is 88.7 Å². The molecule has 3 rings (SSSR count). The smallest absolute Gasteiger partial charge is 0.726 e. The Hall–Kier alpha value is 0.460. The summed E-state index contributed by atoms with van der Waals surface area (Å²) in [5.74, 6) is -5.69. The van der Waals surface area contributed by atoms with Crippen LogP contribution in [0.2, 0.25) is 0 Å². The summed E-state index contributed by atoms with van der Waals surface area (Å²) >= 11 is 0. The van der Waals surface area contributed by atoms with E-state index in [0.717, 1.165) is 6.92 Å². The molecule has 1 amide bonds. The molecule has 6 N–H and O–H groups in total. The Morgan fingerprint density at radius 2 is 1.49 bits per heavy atom. The first-order valence-corrected chi connectivity index (χ1v) is 13.4. The minimum absolute atomic E-state index is 0. The average molecular weight is 699 g/mol. The van der Waals surface area contributed by atoms with Crippen molar-refractivity contribution < 1.29 is 180 Å². The van der Waals surface area contributed by atoms with Crippen LogP contribution in [0.15, 0.2) is 11.8 Å². The first-order valence-electron chi connectivity index (χ1n) is 12.1. The first kappa shape index (κ1) is 45.5. The molecule has 45 heavy (non-hydrogen) atoms. The van der Waals surface area contributed by atoms with Crippen LogP contribution >= 0.6 is 0 Å². The van der Waals surface area contributed by atoms with E-state index in [0.29, 0.717) is 6.08 Å². The van der Waals surface area contributed by atoms with Gasteiger partial charge >= 0.3 is 88.7 Å². The SMILES string of the molecule is CC(=O)N[C@H]1[C@@H](O[C@H]2[C@H](O)[C@@H](O)[C@H](C)O[C@@H]2C(=O)[O-])O[C@H](COS(=O)(=O)[O-])[C@@H](O[C@@H]2OC(C(=O)[O-])=C[C@H](O)[C@H]2O)[C@@H]1O.[Na+].[Na+].[Na+]. The molecule has 0 bridgehead atoms. The number of carbonyl (C=O) groups is 3. The monoisotopic (exact) mass is 699 g/mol. The zero-order valence-corrected chi connectivity index (χ0v) is 31.5. The van der Waals surface area contributed by atoms with Gasteiger partial charge in [0.1, 0.15) is 72.7 Å². The van der Waals surface area contributed by atoms with Crippen molar-refractivity contribution in [1.29, 1.82) is 0 Å². The summed E-state index contributed by atoms with van der Waals surface area (Å²) in [5, 5.41) is 77.2. The number of carboxylic acids is 2. The molecular weight excluding hydrogens is 671 g/mol. The number of carboxylic acid groups (broad SMARTS) is 2. The number of hydrogen-bond acceptors (Lipinski definition) is 19. The van der Waals surface area contributed by atoms with Crippen molar-refractivity contribution in [3.8, 4) is 0 Å². The van der Waals surface area contributed by atoms with E-state index in [1.807, 2.05) is 0 Å². The van der Waals surface area contributed by atoms with E-state index in [1.54, 1.807) is 0 Å². The van der Waals surface area contributed by atoms with Crippen molar-refractivity contribution in [2.24, 2.45) is 0 Å². The fourth-order valence-electron chi connectivity index (χ4n) is 4.44. The van der Waals surface area contributed by atoms with Crippen molar-refractivity contribution in [3.05, 3.63) is 11.8 Å². The summed E-state index contributed by atoms with van der Waals surface area (Å²) in [6.07, 6.45) is -22.4. The molecule has 2 fully saturated rings. The molecule has 20 nitrogen and oxygen atoms in total. The van der Waals surface area contributed by atoms with Crippen LogP contribution in [0.25, 0.3) is 0 Å². The maximum atomic E-state index is 12.0. The Bertz CT molecular complexity index is 1160. The fourth-order valence-corrected chi connectivity index (χ4v) is 4.74. The Morgan fingerprint density at radius 3 is 2.00 bits per heavy atom. The molecule has 2 saturated heterocycles. The standard InChI is InChI=1S/C21H31NO19S.3Na/c1-5-11(25)14(28)16(17(37-5)19(31)32)41-20-10(22-6(2)23)13(27)15(9(39-20)4-36-42(33,34)35)40-21-12(26)7(24)3-8(38-21)18(29)30;;;/h3,5,7,9-17,20-21,24-28H,4H2,1-2H3,(H,22,23)(H,29,30)(H,31,32)(H,33,34,35);;;/q;3*+1/p-3/t5-,7-,9+,10+,11-,12+,13+,14+,15+,16-,17-,20+,21-;;;/m0.../s1. The molecule has 0 radical (unpaired) electrons. The summed E-state index contributed by atoms with van der Waals surface area (Å²) in [7, 11) is -5.43. The second kappa shape index (κ2) is 19.0. The largest absolute Gasteiger partial charge is 1.00 e. The molecule has 240 valence electrons. The van der Waals surface area contributed by atoms with Crippen LogP contribution in [0.4, 0.5) is 0 Å². The van der Waals surface area contributed by atoms with Gasteiger partial charge in [-0.25, -0.2) is 8.42 Å². The van der Waals surface area contributed by atoms with Crippen molar-refractivity contribution in [2.45, 2.75) is 93.5 Å². The Morgan fingerprint density at radius 1 is 0.911 bits per heavy atom. The number of nitrogens with one attached hydrogen (secondary N) is 1. The van der Waals surface area contributed by atoms with E-state index in [4.69, 9.17) is 23.7 Å². The van der Waals surface area contributed by atoms with Gasteiger partial charge < -0.3 is 78.9 Å². The Kier molecular flexibility index (Phi) is 19.2. The summed E-state index contributed by atoms with van der Waals surface area (Å²) < 4.78 is 64.1. The van der Waals surface area contributed by atoms with Crippen molar-refractivity contribution in [2.75, 3.05) is 6.61 Å². The summed E-state index contributed by atoms with van der Waals surface area (Å²) in [6, 6.07) is -1.78. The third kappa shape index (κ3) is 11.8. The van der Waals surface area contributed by atoms with E-state index >= 15 is 0 Å². The zero-order valence-electron chi connectivity index (χ0n) is 24.6. The number of aliphatic carboxylic acids is 2. The van der Waals surface area contributed by atoms with E-state index in [2.05, 4.69) is 9.50 Å². The van der Waals surface area contributed by atoms with Crippen LogP contribution < -0.4 is 104 Å². The van der Waals surface area contributed by atoms with Crippen LogP contribution in [-0.4, -0.2) is 143 Å². The summed E-state index contributed by atoms with van der Waals surface area (Å²) in [6.45, 7) is 0.954. The molecule has 24 heteroatoms. The first-order chi connectivity index (χ1) is 19.4. The number of rotatable bonds is 10. The Labute approximate surface area is 322 Å². The van der Waals surface area contributed by atoms with Gasteiger partial charge in [0, 0.05) is 6.92 Å². The van der Waals surface area contributed by atoms with Gasteiger partial charge in [0.2, 0.25) is 22.6 Å².